The molecule has 2 rings (SSSR count). The molecule has 0 atom stereocenters. The molecule has 0 radical (unpaired) electrons. The second kappa shape index (κ2) is 6.10. The van der Waals surface area contributed by atoms with Gasteiger partial charge in [0, 0.05) is 25.8 Å². The molecular formula is C18H24N2. The van der Waals surface area contributed by atoms with Gasteiger partial charge in [-0.2, -0.15) is 0 Å². The zero-order valence-corrected chi connectivity index (χ0v) is 12.9. The average Bonchev–Trinajstić information content (AvgIpc) is 2.42. The van der Waals surface area contributed by atoms with Crippen molar-refractivity contribution in [3.05, 3.63) is 64.2 Å². The van der Waals surface area contributed by atoms with Gasteiger partial charge in [-0.25, -0.2) is 0 Å². The molecule has 0 saturated carbocycles. The minimum Gasteiger partial charge on any atom is -0.370 e. The zero-order valence-electron chi connectivity index (χ0n) is 12.9. The Morgan fingerprint density at radius 3 is 2.20 bits per heavy atom. The number of benzene rings is 2. The van der Waals surface area contributed by atoms with Crippen LogP contribution in [0, 0.1) is 20.8 Å². The fourth-order valence-corrected chi connectivity index (χ4v) is 2.84. The summed E-state index contributed by atoms with van der Waals surface area (Å²) in [5.74, 6) is 0. The zero-order chi connectivity index (χ0) is 14.7. The minimum absolute atomic E-state index is 0.576. The van der Waals surface area contributed by atoms with Crippen LogP contribution in [0.3, 0.4) is 0 Å². The van der Waals surface area contributed by atoms with Gasteiger partial charge in [-0.05, 0) is 49.1 Å². The Balaban J connectivity index is 2.30. The maximum atomic E-state index is 5.83. The van der Waals surface area contributed by atoms with Crippen LogP contribution in [0.4, 0.5) is 5.69 Å². The summed E-state index contributed by atoms with van der Waals surface area (Å²) in [6, 6.07) is 12.9. The molecule has 2 aromatic carbocycles. The molecule has 0 amide bonds. The third-order valence-electron chi connectivity index (χ3n) is 3.86. The van der Waals surface area contributed by atoms with Gasteiger partial charge < -0.3 is 10.6 Å². The fraction of sp³-hybridized carbons (Fsp3) is 0.333. The summed E-state index contributed by atoms with van der Waals surface area (Å²) in [7, 11) is 2.13. The van der Waals surface area contributed by atoms with E-state index in [1.807, 2.05) is 6.07 Å². The molecule has 0 aliphatic rings. The van der Waals surface area contributed by atoms with Gasteiger partial charge in [-0.3, -0.25) is 0 Å². The largest absolute Gasteiger partial charge is 0.370 e. The second-order valence-electron chi connectivity index (χ2n) is 5.57. The summed E-state index contributed by atoms with van der Waals surface area (Å²) in [4.78, 5) is 2.28. The number of hydrogen-bond acceptors (Lipinski definition) is 2. The highest BCUT2D eigenvalue weighted by molar-refractivity contribution is 5.54. The minimum atomic E-state index is 0.576. The number of rotatable bonds is 4. The van der Waals surface area contributed by atoms with Crippen LogP contribution in [0.25, 0.3) is 0 Å². The second-order valence-corrected chi connectivity index (χ2v) is 5.57. The van der Waals surface area contributed by atoms with Crippen LogP contribution in [0.15, 0.2) is 36.4 Å². The highest BCUT2D eigenvalue weighted by Gasteiger charge is 2.10. The van der Waals surface area contributed by atoms with E-state index in [4.69, 9.17) is 5.73 Å². The van der Waals surface area contributed by atoms with Crippen LogP contribution in [-0.2, 0) is 13.1 Å². The number of nitrogens with two attached hydrogens (primary N) is 1. The van der Waals surface area contributed by atoms with Crippen molar-refractivity contribution in [3.8, 4) is 0 Å². The molecule has 0 bridgehead atoms. The van der Waals surface area contributed by atoms with Crippen LogP contribution >= 0.6 is 0 Å². The molecule has 0 unspecified atom stereocenters. The van der Waals surface area contributed by atoms with Crippen molar-refractivity contribution in [1.29, 1.82) is 0 Å². The standard InChI is InChI=1S/C18H24N2/c1-13-9-14(2)17(15(3)10-13)12-20(4)18-8-6-5-7-16(18)11-19/h5-10H,11-12,19H2,1-4H3. The number of hydrogen-bond donors (Lipinski definition) is 1. The smallest absolute Gasteiger partial charge is 0.0431 e. The molecule has 2 nitrogen and oxygen atoms in total. The van der Waals surface area contributed by atoms with E-state index in [9.17, 15) is 0 Å². The summed E-state index contributed by atoms with van der Waals surface area (Å²) in [5.41, 5.74) is 13.7. The Kier molecular flexibility index (Phi) is 4.46. The molecule has 0 aromatic heterocycles. The van der Waals surface area contributed by atoms with E-state index >= 15 is 0 Å². The van der Waals surface area contributed by atoms with E-state index in [-0.39, 0.29) is 0 Å². The highest BCUT2D eigenvalue weighted by atomic mass is 15.1. The Labute approximate surface area is 122 Å². The number of aryl methyl sites for hydroxylation is 3. The molecular weight excluding hydrogens is 244 g/mol. The Hall–Kier alpha value is -1.80. The lowest BCUT2D eigenvalue weighted by Crippen LogP contribution is -2.20. The third-order valence-corrected chi connectivity index (χ3v) is 3.86. The Morgan fingerprint density at radius 1 is 1.00 bits per heavy atom. The van der Waals surface area contributed by atoms with Crippen molar-refractivity contribution in [3.63, 3.8) is 0 Å². The summed E-state index contributed by atoms with van der Waals surface area (Å²) in [6.45, 7) is 8.02. The molecule has 0 spiro atoms. The monoisotopic (exact) mass is 268 g/mol. The first-order valence-corrected chi connectivity index (χ1v) is 7.08. The Morgan fingerprint density at radius 2 is 1.60 bits per heavy atom. The third kappa shape index (κ3) is 3.02. The fourth-order valence-electron chi connectivity index (χ4n) is 2.84. The molecule has 20 heavy (non-hydrogen) atoms. The van der Waals surface area contributed by atoms with Gasteiger partial charge in [-0.15, -0.1) is 0 Å². The maximum Gasteiger partial charge on any atom is 0.0431 e. The van der Waals surface area contributed by atoms with Gasteiger partial charge in [0.1, 0.15) is 0 Å². The molecule has 0 aliphatic carbocycles. The van der Waals surface area contributed by atoms with Gasteiger partial charge >= 0.3 is 0 Å². The van der Waals surface area contributed by atoms with E-state index in [1.54, 1.807) is 0 Å². The lowest BCUT2D eigenvalue weighted by Gasteiger charge is -2.24. The molecule has 2 N–H and O–H groups in total. The van der Waals surface area contributed by atoms with Crippen molar-refractivity contribution in [1.82, 2.24) is 0 Å². The molecule has 2 heteroatoms. The molecule has 0 aliphatic heterocycles. The number of anilines is 1. The summed E-state index contributed by atoms with van der Waals surface area (Å²) < 4.78 is 0. The number of nitrogens with zero attached hydrogens (tertiary/aromatic N) is 1. The van der Waals surface area contributed by atoms with Gasteiger partial charge in [0.05, 0.1) is 0 Å². The van der Waals surface area contributed by atoms with E-state index in [0.717, 1.165) is 6.54 Å². The first-order valence-electron chi connectivity index (χ1n) is 7.08. The normalized spacial score (nSPS) is 10.7. The lowest BCUT2D eigenvalue weighted by molar-refractivity contribution is 0.888. The van der Waals surface area contributed by atoms with Crippen molar-refractivity contribution in [2.45, 2.75) is 33.9 Å². The molecule has 2 aromatic rings. The molecule has 0 heterocycles. The van der Waals surface area contributed by atoms with Crippen LogP contribution in [0.5, 0.6) is 0 Å². The van der Waals surface area contributed by atoms with Crippen LogP contribution in [-0.4, -0.2) is 7.05 Å². The van der Waals surface area contributed by atoms with E-state index in [1.165, 1.54) is 33.5 Å². The van der Waals surface area contributed by atoms with Crippen molar-refractivity contribution in [2.75, 3.05) is 11.9 Å². The van der Waals surface area contributed by atoms with Gasteiger partial charge in [-0.1, -0.05) is 35.9 Å². The predicted octanol–water partition coefficient (Wildman–Crippen LogP) is 3.71. The summed E-state index contributed by atoms with van der Waals surface area (Å²) >= 11 is 0. The van der Waals surface area contributed by atoms with E-state index < -0.39 is 0 Å². The maximum absolute atomic E-state index is 5.83. The van der Waals surface area contributed by atoms with Gasteiger partial charge in [0.2, 0.25) is 0 Å². The Bertz CT molecular complexity index is 579. The van der Waals surface area contributed by atoms with Crippen molar-refractivity contribution < 1.29 is 0 Å². The SMILES string of the molecule is Cc1cc(C)c(CN(C)c2ccccc2CN)c(C)c1. The van der Waals surface area contributed by atoms with Gasteiger partial charge in [0.15, 0.2) is 0 Å². The van der Waals surface area contributed by atoms with Crippen molar-refractivity contribution >= 4 is 5.69 Å². The molecule has 0 saturated heterocycles. The van der Waals surface area contributed by atoms with E-state index in [2.05, 4.69) is 63.1 Å². The summed E-state index contributed by atoms with van der Waals surface area (Å²) in [5, 5.41) is 0. The van der Waals surface area contributed by atoms with Crippen molar-refractivity contribution in [2.24, 2.45) is 5.73 Å². The van der Waals surface area contributed by atoms with Crippen LogP contribution in [0.1, 0.15) is 27.8 Å². The predicted molar refractivity (Wildman–Crippen MR) is 87.1 cm³/mol. The first-order chi connectivity index (χ1) is 9.52. The lowest BCUT2D eigenvalue weighted by atomic mass is 9.99. The topological polar surface area (TPSA) is 29.3 Å². The molecule has 106 valence electrons. The van der Waals surface area contributed by atoms with Crippen LogP contribution < -0.4 is 10.6 Å². The first kappa shape index (κ1) is 14.6. The van der Waals surface area contributed by atoms with Gasteiger partial charge in [0.25, 0.3) is 0 Å². The average molecular weight is 268 g/mol. The van der Waals surface area contributed by atoms with Crippen LogP contribution in [0.2, 0.25) is 0 Å². The quantitative estimate of drug-likeness (QED) is 0.916. The molecule has 0 fully saturated rings. The van der Waals surface area contributed by atoms with E-state index in [0.29, 0.717) is 6.54 Å². The summed E-state index contributed by atoms with van der Waals surface area (Å²) in [6.07, 6.45) is 0. The number of para-hydroxylation sites is 1. The highest BCUT2D eigenvalue weighted by Crippen LogP contribution is 2.23.